The van der Waals surface area contributed by atoms with E-state index in [1.54, 1.807) is 0 Å². The van der Waals surface area contributed by atoms with Gasteiger partial charge in [0, 0.05) is 6.92 Å². The van der Waals surface area contributed by atoms with Gasteiger partial charge in [0.1, 0.15) is 0 Å². The lowest BCUT2D eigenvalue weighted by Gasteiger charge is -2.04. The Morgan fingerprint density at radius 2 is 2.45 bits per heavy atom. The first-order valence-corrected chi connectivity index (χ1v) is 3.76. The average molecular weight is 221 g/mol. The molecule has 0 spiro atoms. The quantitative estimate of drug-likeness (QED) is 0.483. The summed E-state index contributed by atoms with van der Waals surface area (Å²) in [4.78, 5) is 20.9. The number of esters is 2. The van der Waals surface area contributed by atoms with Crippen molar-refractivity contribution in [2.75, 3.05) is 0 Å². The Morgan fingerprint density at radius 3 is 2.82 bits per heavy atom. The molecule has 11 heavy (non-hydrogen) atoms. The molecule has 0 radical (unpaired) electrons. The molecule has 1 rings (SSSR count). The maximum absolute atomic E-state index is 10.5. The number of halogens is 1. The SMILES string of the molecule is CC(=O)OC1=CC(=O)OC1Br. The van der Waals surface area contributed by atoms with Gasteiger partial charge in [-0.25, -0.2) is 4.79 Å². The zero-order chi connectivity index (χ0) is 8.43. The molecule has 0 N–H and O–H groups in total. The lowest BCUT2D eigenvalue weighted by atomic mass is 10.5. The largest absolute Gasteiger partial charge is 0.439 e. The van der Waals surface area contributed by atoms with Crippen molar-refractivity contribution in [2.24, 2.45) is 0 Å². The second-order valence-electron chi connectivity index (χ2n) is 1.89. The fourth-order valence-corrected chi connectivity index (χ4v) is 1.03. The lowest BCUT2D eigenvalue weighted by Crippen LogP contribution is -2.07. The van der Waals surface area contributed by atoms with Gasteiger partial charge in [-0.3, -0.25) is 4.79 Å². The van der Waals surface area contributed by atoms with Crippen molar-refractivity contribution in [3.63, 3.8) is 0 Å². The van der Waals surface area contributed by atoms with Crippen molar-refractivity contribution in [1.82, 2.24) is 0 Å². The molecule has 0 fully saturated rings. The van der Waals surface area contributed by atoms with E-state index in [4.69, 9.17) is 0 Å². The van der Waals surface area contributed by atoms with Crippen LogP contribution in [0.2, 0.25) is 0 Å². The van der Waals surface area contributed by atoms with Crippen LogP contribution in [0, 0.1) is 0 Å². The van der Waals surface area contributed by atoms with Crippen LogP contribution in [0.15, 0.2) is 11.8 Å². The predicted molar refractivity (Wildman–Crippen MR) is 38.7 cm³/mol. The zero-order valence-corrected chi connectivity index (χ0v) is 7.25. The summed E-state index contributed by atoms with van der Waals surface area (Å²) >= 11 is 2.99. The second kappa shape index (κ2) is 3.04. The minimum Gasteiger partial charge on any atom is -0.439 e. The Hall–Kier alpha value is -0.840. The molecule has 0 amide bonds. The standard InChI is InChI=1S/C6H5BrO4/c1-3(8)10-4-2-5(9)11-6(4)7/h2,6H,1H3. The first kappa shape index (κ1) is 8.26. The predicted octanol–water partition coefficient (Wildman–Crippen LogP) is 0.711. The number of alkyl halides is 1. The van der Waals surface area contributed by atoms with Crippen LogP contribution >= 0.6 is 15.9 Å². The highest BCUT2D eigenvalue weighted by Crippen LogP contribution is 2.21. The van der Waals surface area contributed by atoms with Gasteiger partial charge in [-0.1, -0.05) is 0 Å². The normalized spacial score (nSPS) is 22.5. The first-order chi connectivity index (χ1) is 5.09. The van der Waals surface area contributed by atoms with Crippen LogP contribution < -0.4 is 0 Å². The van der Waals surface area contributed by atoms with E-state index < -0.39 is 17.0 Å². The summed E-state index contributed by atoms with van der Waals surface area (Å²) in [5.41, 5.74) is 0. The number of rotatable bonds is 1. The topological polar surface area (TPSA) is 52.6 Å². The smallest absolute Gasteiger partial charge is 0.335 e. The number of hydrogen-bond donors (Lipinski definition) is 0. The van der Waals surface area contributed by atoms with E-state index in [1.807, 2.05) is 0 Å². The van der Waals surface area contributed by atoms with Crippen LogP contribution in [0.4, 0.5) is 0 Å². The molecule has 0 aromatic carbocycles. The summed E-state index contributed by atoms with van der Waals surface area (Å²) in [7, 11) is 0. The van der Waals surface area contributed by atoms with Gasteiger partial charge in [0.2, 0.25) is 5.01 Å². The van der Waals surface area contributed by atoms with Crippen molar-refractivity contribution in [1.29, 1.82) is 0 Å². The molecular formula is C6H5BrO4. The first-order valence-electron chi connectivity index (χ1n) is 2.84. The minimum absolute atomic E-state index is 0.197. The number of hydrogen-bond acceptors (Lipinski definition) is 4. The highest BCUT2D eigenvalue weighted by Gasteiger charge is 2.25. The molecule has 5 heteroatoms. The Bertz CT molecular complexity index is 233. The van der Waals surface area contributed by atoms with E-state index in [9.17, 15) is 9.59 Å². The van der Waals surface area contributed by atoms with Crippen LogP contribution in [-0.4, -0.2) is 17.0 Å². The summed E-state index contributed by atoms with van der Waals surface area (Å²) < 4.78 is 9.21. The van der Waals surface area contributed by atoms with Gasteiger partial charge < -0.3 is 9.47 Å². The monoisotopic (exact) mass is 220 g/mol. The van der Waals surface area contributed by atoms with Crippen LogP contribution in [-0.2, 0) is 19.1 Å². The summed E-state index contributed by atoms with van der Waals surface area (Å²) in [6, 6.07) is 0. The van der Waals surface area contributed by atoms with Gasteiger partial charge in [-0.2, -0.15) is 0 Å². The van der Waals surface area contributed by atoms with Crippen molar-refractivity contribution < 1.29 is 19.1 Å². The molecule has 1 unspecified atom stereocenters. The van der Waals surface area contributed by atoms with Crippen molar-refractivity contribution >= 4 is 27.9 Å². The van der Waals surface area contributed by atoms with E-state index in [2.05, 4.69) is 25.4 Å². The molecule has 1 aliphatic rings. The van der Waals surface area contributed by atoms with Gasteiger partial charge in [-0.05, 0) is 15.9 Å². The molecule has 0 saturated heterocycles. The van der Waals surface area contributed by atoms with E-state index in [0.29, 0.717) is 0 Å². The Balaban J connectivity index is 2.64. The van der Waals surface area contributed by atoms with Gasteiger partial charge in [0.05, 0.1) is 6.08 Å². The van der Waals surface area contributed by atoms with Crippen LogP contribution in [0.25, 0.3) is 0 Å². The van der Waals surface area contributed by atoms with E-state index in [0.717, 1.165) is 6.08 Å². The zero-order valence-electron chi connectivity index (χ0n) is 5.67. The third-order valence-corrected chi connectivity index (χ3v) is 1.60. The van der Waals surface area contributed by atoms with E-state index in [1.165, 1.54) is 6.92 Å². The third kappa shape index (κ3) is 2.04. The van der Waals surface area contributed by atoms with E-state index >= 15 is 0 Å². The van der Waals surface area contributed by atoms with Gasteiger partial charge >= 0.3 is 11.9 Å². The fraction of sp³-hybridized carbons (Fsp3) is 0.333. The number of carbonyl (C=O) groups excluding carboxylic acids is 2. The number of ether oxygens (including phenoxy) is 2. The molecular weight excluding hydrogens is 216 g/mol. The van der Waals surface area contributed by atoms with Gasteiger partial charge in [-0.15, -0.1) is 0 Å². The van der Waals surface area contributed by atoms with E-state index in [-0.39, 0.29) is 5.76 Å². The minimum atomic E-state index is -0.626. The molecule has 0 saturated carbocycles. The van der Waals surface area contributed by atoms with Crippen LogP contribution in [0.3, 0.4) is 0 Å². The third-order valence-electron chi connectivity index (χ3n) is 0.965. The summed E-state index contributed by atoms with van der Waals surface area (Å²) in [5.74, 6) is -0.787. The Labute approximate surface area is 71.3 Å². The summed E-state index contributed by atoms with van der Waals surface area (Å²) in [5, 5.41) is -0.626. The van der Waals surface area contributed by atoms with Crippen LogP contribution in [0.1, 0.15) is 6.92 Å². The average Bonchev–Trinajstić information content (AvgIpc) is 2.09. The Kier molecular flexibility index (Phi) is 2.28. The molecule has 0 aliphatic carbocycles. The fourth-order valence-electron chi connectivity index (χ4n) is 0.618. The molecule has 1 heterocycles. The molecule has 4 nitrogen and oxygen atoms in total. The maximum Gasteiger partial charge on any atom is 0.335 e. The molecule has 0 bridgehead atoms. The molecule has 1 atom stereocenters. The maximum atomic E-state index is 10.5. The van der Waals surface area contributed by atoms with Crippen LogP contribution in [0.5, 0.6) is 0 Å². The summed E-state index contributed by atoms with van der Waals surface area (Å²) in [6.07, 6.45) is 1.13. The highest BCUT2D eigenvalue weighted by atomic mass is 79.9. The molecule has 0 aromatic rings. The lowest BCUT2D eigenvalue weighted by molar-refractivity contribution is -0.140. The molecule has 1 aliphatic heterocycles. The second-order valence-corrected chi connectivity index (χ2v) is 2.72. The number of cyclic esters (lactones) is 1. The van der Waals surface area contributed by atoms with Gasteiger partial charge in [0.25, 0.3) is 0 Å². The number of carbonyl (C=O) groups is 2. The summed E-state index contributed by atoms with van der Waals surface area (Å²) in [6.45, 7) is 1.25. The highest BCUT2D eigenvalue weighted by molar-refractivity contribution is 9.09. The van der Waals surface area contributed by atoms with Crippen molar-refractivity contribution in [2.45, 2.75) is 11.9 Å². The molecule has 60 valence electrons. The van der Waals surface area contributed by atoms with Crippen molar-refractivity contribution in [3.05, 3.63) is 11.8 Å². The Morgan fingerprint density at radius 1 is 1.82 bits per heavy atom. The van der Waals surface area contributed by atoms with Gasteiger partial charge in [0.15, 0.2) is 5.76 Å². The van der Waals surface area contributed by atoms with Crippen molar-refractivity contribution in [3.8, 4) is 0 Å². The molecule has 0 aromatic heterocycles.